The van der Waals surface area contributed by atoms with E-state index in [-0.39, 0.29) is 23.6 Å². The zero-order valence-electron chi connectivity index (χ0n) is 11.8. The number of amides is 1. The number of hydrogen-bond acceptors (Lipinski definition) is 2. The molecule has 1 saturated heterocycles. The Balaban J connectivity index is 2.29. The fourth-order valence-corrected chi connectivity index (χ4v) is 3.11. The van der Waals surface area contributed by atoms with E-state index in [0.29, 0.717) is 11.0 Å². The van der Waals surface area contributed by atoms with Crippen molar-refractivity contribution in [2.45, 2.75) is 38.8 Å². The molecule has 1 aliphatic rings. The smallest absolute Gasteiger partial charge is 0.258 e. The van der Waals surface area contributed by atoms with E-state index in [2.05, 4.69) is 35.1 Å². The Morgan fingerprint density at radius 3 is 2.80 bits per heavy atom. The van der Waals surface area contributed by atoms with E-state index in [4.69, 9.17) is 0 Å². The molecule has 1 aliphatic heterocycles. The lowest BCUT2D eigenvalue weighted by atomic mass is 10.0. The summed E-state index contributed by atoms with van der Waals surface area (Å²) in [6.45, 7) is 5.54. The summed E-state index contributed by atoms with van der Waals surface area (Å²) in [5.74, 6) is -0.687. The van der Waals surface area contributed by atoms with Crippen molar-refractivity contribution in [3.05, 3.63) is 34.1 Å². The van der Waals surface area contributed by atoms with Crippen molar-refractivity contribution in [3.63, 3.8) is 0 Å². The second kappa shape index (κ2) is 6.68. The Labute approximate surface area is 127 Å². The molecule has 0 radical (unpaired) electrons. The van der Waals surface area contributed by atoms with E-state index in [0.717, 1.165) is 19.4 Å². The van der Waals surface area contributed by atoms with Crippen LogP contribution in [0.1, 0.15) is 37.0 Å². The Hall–Kier alpha value is -0.940. The van der Waals surface area contributed by atoms with Crippen LogP contribution in [0, 0.1) is 5.82 Å². The van der Waals surface area contributed by atoms with Crippen molar-refractivity contribution >= 4 is 21.8 Å². The molecule has 3 nitrogen and oxygen atoms in total. The molecule has 0 bridgehead atoms. The zero-order chi connectivity index (χ0) is 14.7. The number of nitrogens with one attached hydrogen (secondary N) is 1. The Bertz CT molecular complexity index is 475. The van der Waals surface area contributed by atoms with Crippen LogP contribution in [0.4, 0.5) is 4.39 Å². The molecule has 1 amide bonds. The van der Waals surface area contributed by atoms with Crippen LogP contribution in [0.25, 0.3) is 0 Å². The lowest BCUT2D eigenvalue weighted by molar-refractivity contribution is 0.0570. The standard InChI is InChI=1S/C15H20BrFN2O/c1-3-10-9-19(11(4-2)8-18-10)15(20)14-12(16)6-5-7-13(14)17/h5-7,10-11,18H,3-4,8-9H2,1-2H3. The van der Waals surface area contributed by atoms with Crippen LogP contribution in [0.5, 0.6) is 0 Å². The van der Waals surface area contributed by atoms with Crippen LogP contribution in [0.15, 0.2) is 22.7 Å². The van der Waals surface area contributed by atoms with Crippen LogP contribution in [0.3, 0.4) is 0 Å². The minimum Gasteiger partial charge on any atom is -0.333 e. The van der Waals surface area contributed by atoms with Crippen molar-refractivity contribution in [2.75, 3.05) is 13.1 Å². The molecular weight excluding hydrogens is 323 g/mol. The first-order valence-corrected chi connectivity index (χ1v) is 7.86. The lowest BCUT2D eigenvalue weighted by Gasteiger charge is -2.40. The second-order valence-electron chi connectivity index (χ2n) is 5.13. The fourth-order valence-electron chi connectivity index (χ4n) is 2.60. The zero-order valence-corrected chi connectivity index (χ0v) is 13.4. The Morgan fingerprint density at radius 1 is 1.45 bits per heavy atom. The first-order valence-electron chi connectivity index (χ1n) is 7.06. The van der Waals surface area contributed by atoms with Crippen molar-refractivity contribution in [1.82, 2.24) is 10.2 Å². The van der Waals surface area contributed by atoms with Gasteiger partial charge < -0.3 is 10.2 Å². The third-order valence-electron chi connectivity index (χ3n) is 3.90. The van der Waals surface area contributed by atoms with E-state index in [1.807, 2.05) is 4.90 Å². The molecule has 5 heteroatoms. The molecule has 0 spiro atoms. The molecule has 2 unspecified atom stereocenters. The second-order valence-corrected chi connectivity index (χ2v) is 5.98. The highest BCUT2D eigenvalue weighted by molar-refractivity contribution is 9.10. The summed E-state index contributed by atoms with van der Waals surface area (Å²) in [6, 6.07) is 5.04. The van der Waals surface area contributed by atoms with E-state index < -0.39 is 5.82 Å². The van der Waals surface area contributed by atoms with Crippen molar-refractivity contribution < 1.29 is 9.18 Å². The van der Waals surface area contributed by atoms with E-state index in [1.54, 1.807) is 12.1 Å². The van der Waals surface area contributed by atoms with Gasteiger partial charge in [-0.2, -0.15) is 0 Å². The number of benzene rings is 1. The normalized spacial score (nSPS) is 22.9. The fraction of sp³-hybridized carbons (Fsp3) is 0.533. The highest BCUT2D eigenvalue weighted by Crippen LogP contribution is 2.24. The summed E-state index contributed by atoms with van der Waals surface area (Å²) in [5.41, 5.74) is 0.141. The van der Waals surface area contributed by atoms with E-state index >= 15 is 0 Å². The lowest BCUT2D eigenvalue weighted by Crippen LogP contribution is -2.58. The van der Waals surface area contributed by atoms with Gasteiger partial charge in [0.1, 0.15) is 5.82 Å². The monoisotopic (exact) mass is 342 g/mol. The van der Waals surface area contributed by atoms with Gasteiger partial charge in [0.15, 0.2) is 0 Å². The van der Waals surface area contributed by atoms with E-state index in [1.165, 1.54) is 6.07 Å². The number of carbonyl (C=O) groups is 1. The molecule has 1 N–H and O–H groups in total. The largest absolute Gasteiger partial charge is 0.333 e. The average molecular weight is 343 g/mol. The average Bonchev–Trinajstić information content (AvgIpc) is 2.46. The van der Waals surface area contributed by atoms with Gasteiger partial charge in [0.05, 0.1) is 5.56 Å². The van der Waals surface area contributed by atoms with Crippen LogP contribution in [-0.2, 0) is 0 Å². The SMILES string of the molecule is CCC1CN(C(=O)c2c(F)cccc2Br)C(CC)CN1. The summed E-state index contributed by atoms with van der Waals surface area (Å²) < 4.78 is 14.5. The van der Waals surface area contributed by atoms with Crippen LogP contribution >= 0.6 is 15.9 Å². The van der Waals surface area contributed by atoms with Gasteiger partial charge >= 0.3 is 0 Å². The molecule has 110 valence electrons. The topological polar surface area (TPSA) is 32.3 Å². The number of nitrogens with zero attached hydrogens (tertiary/aromatic N) is 1. The quantitative estimate of drug-likeness (QED) is 0.914. The summed E-state index contributed by atoms with van der Waals surface area (Å²) in [4.78, 5) is 14.5. The molecule has 2 atom stereocenters. The minimum atomic E-state index is -0.467. The van der Waals surface area contributed by atoms with Gasteiger partial charge in [-0.1, -0.05) is 19.9 Å². The molecule has 0 aliphatic carbocycles. The Kier molecular flexibility index (Phi) is 5.16. The van der Waals surface area contributed by atoms with Crippen molar-refractivity contribution in [2.24, 2.45) is 0 Å². The third kappa shape index (κ3) is 3.04. The number of hydrogen-bond donors (Lipinski definition) is 1. The Morgan fingerprint density at radius 2 is 2.20 bits per heavy atom. The molecule has 0 saturated carbocycles. The van der Waals surface area contributed by atoms with Crippen LogP contribution < -0.4 is 5.32 Å². The molecule has 20 heavy (non-hydrogen) atoms. The van der Waals surface area contributed by atoms with Crippen molar-refractivity contribution in [3.8, 4) is 0 Å². The number of halogens is 2. The highest BCUT2D eigenvalue weighted by Gasteiger charge is 2.32. The van der Waals surface area contributed by atoms with E-state index in [9.17, 15) is 9.18 Å². The number of piperazine rings is 1. The number of carbonyl (C=O) groups excluding carboxylic acids is 1. The number of rotatable bonds is 3. The van der Waals surface area contributed by atoms with Gasteiger partial charge in [0.2, 0.25) is 0 Å². The van der Waals surface area contributed by atoms with Crippen LogP contribution in [0.2, 0.25) is 0 Å². The van der Waals surface area contributed by atoms with Crippen LogP contribution in [-0.4, -0.2) is 36.0 Å². The first-order chi connectivity index (χ1) is 9.58. The minimum absolute atomic E-state index is 0.122. The van der Waals surface area contributed by atoms with Gasteiger partial charge in [-0.25, -0.2) is 4.39 Å². The van der Waals surface area contributed by atoms with Gasteiger partial charge in [-0.15, -0.1) is 0 Å². The first kappa shape index (κ1) is 15.4. The molecule has 1 fully saturated rings. The molecular formula is C15H20BrFN2O. The predicted octanol–water partition coefficient (Wildman–Crippen LogP) is 3.19. The van der Waals surface area contributed by atoms with Gasteiger partial charge in [-0.05, 0) is 40.9 Å². The van der Waals surface area contributed by atoms with Gasteiger partial charge in [0, 0.05) is 29.6 Å². The summed E-state index contributed by atoms with van der Waals surface area (Å²) in [5, 5.41) is 3.44. The molecule has 2 rings (SSSR count). The summed E-state index contributed by atoms with van der Waals surface area (Å²) >= 11 is 3.29. The van der Waals surface area contributed by atoms with Crippen molar-refractivity contribution in [1.29, 1.82) is 0 Å². The molecule has 1 aromatic carbocycles. The maximum absolute atomic E-state index is 14.0. The third-order valence-corrected chi connectivity index (χ3v) is 4.56. The highest BCUT2D eigenvalue weighted by atomic mass is 79.9. The maximum atomic E-state index is 14.0. The van der Waals surface area contributed by atoms with Gasteiger partial charge in [0.25, 0.3) is 5.91 Å². The maximum Gasteiger partial charge on any atom is 0.258 e. The van der Waals surface area contributed by atoms with Gasteiger partial charge in [-0.3, -0.25) is 4.79 Å². The molecule has 1 aromatic rings. The predicted molar refractivity (Wildman–Crippen MR) is 81.3 cm³/mol. The summed E-state index contributed by atoms with van der Waals surface area (Å²) in [6.07, 6.45) is 1.82. The summed E-state index contributed by atoms with van der Waals surface area (Å²) in [7, 11) is 0. The molecule has 1 heterocycles. The molecule has 0 aromatic heterocycles.